The third kappa shape index (κ3) is 4.26. The van der Waals surface area contributed by atoms with Gasteiger partial charge in [-0.05, 0) is 43.3 Å². The van der Waals surface area contributed by atoms with Crippen molar-refractivity contribution in [3.8, 4) is 17.4 Å². The summed E-state index contributed by atoms with van der Waals surface area (Å²) in [6, 6.07) is 17.7. The summed E-state index contributed by atoms with van der Waals surface area (Å²) in [6.45, 7) is 1.54. The molecule has 0 saturated heterocycles. The molecule has 0 aliphatic heterocycles. The van der Waals surface area contributed by atoms with Crippen LogP contribution in [0, 0.1) is 6.92 Å². The van der Waals surface area contributed by atoms with E-state index in [1.807, 2.05) is 30.3 Å². The molecule has 0 radical (unpaired) electrons. The zero-order valence-corrected chi connectivity index (χ0v) is 18.7. The molecule has 0 saturated carbocycles. The van der Waals surface area contributed by atoms with E-state index in [1.165, 1.54) is 10.9 Å². The molecular weight excluding hydrogens is 458 g/mol. The van der Waals surface area contributed by atoms with Gasteiger partial charge in [-0.2, -0.15) is 19.9 Å². The first-order valence-electron chi connectivity index (χ1n) is 10.3. The number of aromatic amines is 1. The third-order valence-corrected chi connectivity index (χ3v) is 5.16. The highest BCUT2D eigenvalue weighted by Gasteiger charge is 2.17. The van der Waals surface area contributed by atoms with Crippen molar-refractivity contribution < 1.29 is 9.53 Å². The minimum absolute atomic E-state index is 0.136. The Labute approximate surface area is 197 Å². The fraction of sp³-hybridized carbons (Fsp3) is 0.0870. The molecule has 0 aliphatic rings. The number of aryl methyl sites for hydroxylation is 1. The van der Waals surface area contributed by atoms with Crippen LogP contribution in [0.3, 0.4) is 0 Å². The van der Waals surface area contributed by atoms with Gasteiger partial charge in [0.25, 0.3) is 11.5 Å². The Balaban J connectivity index is 1.44. The summed E-state index contributed by atoms with van der Waals surface area (Å²) in [6.07, 6.45) is 1.46. The monoisotopic (exact) mass is 475 g/mol. The number of halogens is 1. The Kier molecular flexibility index (Phi) is 5.56. The van der Waals surface area contributed by atoms with Crippen molar-refractivity contribution in [3.63, 3.8) is 0 Å². The number of hydrogen-bond acceptors (Lipinski definition) is 6. The van der Waals surface area contributed by atoms with Crippen LogP contribution in [0.25, 0.3) is 22.7 Å². The Bertz CT molecular complexity index is 1540. The predicted molar refractivity (Wildman–Crippen MR) is 127 cm³/mol. The standard InChI is InChI=1S/C23H18ClN7O3/c1-14-11-19(26-20(32)13-34-17-9-7-15(24)8-10-17)31(29-14)23-27-21-18(22(33)28-23)12-25-30(21)16-5-3-2-4-6-16/h2-12H,13H2,1H3,(H,26,32)(H,27,28,33). The number of nitrogens with one attached hydrogen (secondary N) is 2. The van der Waals surface area contributed by atoms with Crippen LogP contribution in [0.2, 0.25) is 5.02 Å². The molecule has 3 aromatic heterocycles. The SMILES string of the molecule is Cc1cc(NC(=O)COc2ccc(Cl)cc2)n(-c2nc3c(cnn3-c3ccccc3)c(=O)[nH]2)n1. The zero-order valence-electron chi connectivity index (χ0n) is 17.9. The van der Waals surface area contributed by atoms with E-state index < -0.39 is 5.91 Å². The number of ether oxygens (including phenoxy) is 1. The largest absolute Gasteiger partial charge is 0.484 e. The Morgan fingerprint density at radius 1 is 1.12 bits per heavy atom. The van der Waals surface area contributed by atoms with Crippen molar-refractivity contribution in [3.05, 3.63) is 87.9 Å². The number of nitrogens with zero attached hydrogens (tertiary/aromatic N) is 5. The highest BCUT2D eigenvalue weighted by Crippen LogP contribution is 2.19. The van der Waals surface area contributed by atoms with E-state index >= 15 is 0 Å². The van der Waals surface area contributed by atoms with Crippen LogP contribution >= 0.6 is 11.6 Å². The van der Waals surface area contributed by atoms with Crippen LogP contribution in [-0.4, -0.2) is 42.0 Å². The summed E-state index contributed by atoms with van der Waals surface area (Å²) >= 11 is 5.86. The number of aromatic nitrogens is 6. The number of carbonyl (C=O) groups is 1. The number of anilines is 1. The maximum absolute atomic E-state index is 12.7. The molecule has 3 heterocycles. The second kappa shape index (κ2) is 8.83. The molecule has 5 rings (SSSR count). The smallest absolute Gasteiger partial charge is 0.263 e. The third-order valence-electron chi connectivity index (χ3n) is 4.91. The maximum Gasteiger partial charge on any atom is 0.263 e. The molecule has 2 N–H and O–H groups in total. The van der Waals surface area contributed by atoms with Crippen molar-refractivity contribution in [2.75, 3.05) is 11.9 Å². The van der Waals surface area contributed by atoms with Gasteiger partial charge < -0.3 is 10.1 Å². The molecule has 34 heavy (non-hydrogen) atoms. The van der Waals surface area contributed by atoms with Gasteiger partial charge in [0.1, 0.15) is 17.0 Å². The number of fused-ring (bicyclic) bond motifs is 1. The normalized spacial score (nSPS) is 11.0. The van der Waals surface area contributed by atoms with Gasteiger partial charge in [0.15, 0.2) is 12.3 Å². The van der Waals surface area contributed by atoms with Crippen LogP contribution < -0.4 is 15.6 Å². The number of hydrogen-bond donors (Lipinski definition) is 2. The van der Waals surface area contributed by atoms with Crippen LogP contribution in [0.15, 0.2) is 71.7 Å². The molecule has 5 aromatic rings. The van der Waals surface area contributed by atoms with Crippen LogP contribution in [-0.2, 0) is 4.79 Å². The molecule has 0 bridgehead atoms. The average molecular weight is 476 g/mol. The lowest BCUT2D eigenvalue weighted by Crippen LogP contribution is -2.23. The van der Waals surface area contributed by atoms with Gasteiger partial charge in [0.2, 0.25) is 5.95 Å². The van der Waals surface area contributed by atoms with Gasteiger partial charge in [0, 0.05) is 11.1 Å². The van der Waals surface area contributed by atoms with Gasteiger partial charge in [-0.3, -0.25) is 14.6 Å². The Hall–Kier alpha value is -4.44. The Morgan fingerprint density at radius 3 is 2.65 bits per heavy atom. The molecule has 10 nitrogen and oxygen atoms in total. The van der Waals surface area contributed by atoms with Crippen molar-refractivity contribution in [2.45, 2.75) is 6.92 Å². The van der Waals surface area contributed by atoms with E-state index in [1.54, 1.807) is 41.9 Å². The van der Waals surface area contributed by atoms with Crippen molar-refractivity contribution in [1.29, 1.82) is 0 Å². The summed E-state index contributed by atoms with van der Waals surface area (Å²) < 4.78 is 8.42. The van der Waals surface area contributed by atoms with E-state index in [2.05, 4.69) is 25.5 Å². The fourth-order valence-electron chi connectivity index (χ4n) is 3.37. The van der Waals surface area contributed by atoms with E-state index in [4.69, 9.17) is 16.3 Å². The van der Waals surface area contributed by atoms with Crippen molar-refractivity contribution in [1.82, 2.24) is 29.5 Å². The molecular formula is C23H18ClN7O3. The zero-order chi connectivity index (χ0) is 23.7. The predicted octanol–water partition coefficient (Wildman–Crippen LogP) is 3.27. The lowest BCUT2D eigenvalue weighted by molar-refractivity contribution is -0.118. The second-order valence-corrected chi connectivity index (χ2v) is 7.83. The highest BCUT2D eigenvalue weighted by molar-refractivity contribution is 6.30. The van der Waals surface area contributed by atoms with Crippen molar-refractivity contribution in [2.24, 2.45) is 0 Å². The average Bonchev–Trinajstić information content (AvgIpc) is 3.43. The first-order valence-corrected chi connectivity index (χ1v) is 10.6. The van der Waals surface area contributed by atoms with Gasteiger partial charge in [-0.25, -0.2) is 4.68 Å². The molecule has 11 heteroatoms. The lowest BCUT2D eigenvalue weighted by atomic mass is 10.3. The van der Waals surface area contributed by atoms with Crippen LogP contribution in [0.1, 0.15) is 5.69 Å². The number of H-pyrrole nitrogens is 1. The maximum atomic E-state index is 12.7. The summed E-state index contributed by atoms with van der Waals surface area (Å²) in [5.41, 5.74) is 1.36. The molecule has 1 amide bonds. The minimum atomic E-state index is -0.408. The number of carbonyl (C=O) groups excluding carboxylic acids is 1. The number of para-hydroxylation sites is 1. The number of amides is 1. The van der Waals surface area contributed by atoms with Crippen LogP contribution in [0.4, 0.5) is 5.82 Å². The first-order chi connectivity index (χ1) is 16.5. The molecule has 2 aromatic carbocycles. The van der Waals surface area contributed by atoms with E-state index in [-0.39, 0.29) is 18.1 Å². The molecule has 170 valence electrons. The molecule has 0 spiro atoms. The van der Waals surface area contributed by atoms with Gasteiger partial charge in [-0.1, -0.05) is 29.8 Å². The molecule has 0 fully saturated rings. The van der Waals surface area contributed by atoms with Crippen LogP contribution in [0.5, 0.6) is 5.75 Å². The molecule has 0 unspecified atom stereocenters. The van der Waals surface area contributed by atoms with Gasteiger partial charge in [-0.15, -0.1) is 0 Å². The summed E-state index contributed by atoms with van der Waals surface area (Å²) in [5.74, 6) is 0.566. The number of rotatable bonds is 6. The quantitative estimate of drug-likeness (QED) is 0.389. The van der Waals surface area contributed by atoms with E-state index in [9.17, 15) is 9.59 Å². The highest BCUT2D eigenvalue weighted by atomic mass is 35.5. The summed E-state index contributed by atoms with van der Waals surface area (Å²) in [7, 11) is 0. The minimum Gasteiger partial charge on any atom is -0.484 e. The lowest BCUT2D eigenvalue weighted by Gasteiger charge is -2.10. The van der Waals surface area contributed by atoms with Gasteiger partial charge >= 0.3 is 0 Å². The first kappa shape index (κ1) is 21.4. The van der Waals surface area contributed by atoms with Gasteiger partial charge in [0.05, 0.1) is 17.6 Å². The molecule has 0 aliphatic carbocycles. The topological polar surface area (TPSA) is 120 Å². The second-order valence-electron chi connectivity index (χ2n) is 7.39. The number of benzene rings is 2. The van der Waals surface area contributed by atoms with E-state index in [0.717, 1.165) is 5.69 Å². The summed E-state index contributed by atoms with van der Waals surface area (Å²) in [5, 5.41) is 12.3. The van der Waals surface area contributed by atoms with Crippen molar-refractivity contribution >= 4 is 34.4 Å². The fourth-order valence-corrected chi connectivity index (χ4v) is 3.50. The Morgan fingerprint density at radius 2 is 1.88 bits per heavy atom. The summed E-state index contributed by atoms with van der Waals surface area (Å²) in [4.78, 5) is 32.5. The molecule has 0 atom stereocenters. The van der Waals surface area contributed by atoms with E-state index in [0.29, 0.717) is 33.3 Å².